The number of hydrogen-bond donors (Lipinski definition) is 1. The number of aliphatic carboxylic acids is 1. The first-order valence-electron chi connectivity index (χ1n) is 36.0. The van der Waals surface area contributed by atoms with Crippen molar-refractivity contribution in [1.29, 1.82) is 0 Å². The van der Waals surface area contributed by atoms with Gasteiger partial charge >= 0.3 is 29.8 Å². The molecule has 6 aliphatic carbocycles. The fourth-order valence-electron chi connectivity index (χ4n) is 15.9. The van der Waals surface area contributed by atoms with Crippen molar-refractivity contribution in [2.75, 3.05) is 0 Å². The van der Waals surface area contributed by atoms with E-state index >= 15 is 0 Å². The first-order chi connectivity index (χ1) is 45.8. The van der Waals surface area contributed by atoms with Crippen LogP contribution in [0.15, 0.2) is 47.2 Å². The van der Waals surface area contributed by atoms with Gasteiger partial charge in [-0.05, 0) is 215 Å². The molecule has 0 amide bonds. The van der Waals surface area contributed by atoms with Gasteiger partial charge in [0.25, 0.3) is 0 Å². The van der Waals surface area contributed by atoms with E-state index in [1.165, 1.54) is 36.0 Å². The second-order valence-electron chi connectivity index (χ2n) is 32.2. The summed E-state index contributed by atoms with van der Waals surface area (Å²) in [5.41, 5.74) is 10.9. The van der Waals surface area contributed by atoms with Gasteiger partial charge in [-0.25, -0.2) is 14.4 Å². The highest BCUT2D eigenvalue weighted by atomic mass is 16.7. The molecule has 0 bridgehead atoms. The SMILES string of the molecule is CC(C)CC1CC(c2onc([C@H](CC(=O)O)CC3=NOC(=O)C3)c2C2CC2)C1.CC(C)CC1CC(c2onc([C@H](CC(=O)OC(C)(C)C)CC3=NOC(=O)C3)c2C2CC2)C1.Cc1ccc(CC(=O)C[C@H](CC2=NOC(=O)C2)c2noc(C3CC(CC(C)C)C3)c2C2CC2)c(C)c1. The first-order valence-corrected chi connectivity index (χ1v) is 36.0. The Labute approximate surface area is 564 Å². The number of carbonyl (C=O) groups is 6. The van der Waals surface area contributed by atoms with E-state index in [1.807, 2.05) is 20.8 Å². The number of nitrogens with zero attached hydrogens (tertiary/aromatic N) is 6. The number of aromatic nitrogens is 3. The number of carboxylic acid groups (broad SMARTS) is 1. The predicted octanol–water partition coefficient (Wildman–Crippen LogP) is 16.6. The van der Waals surface area contributed by atoms with Gasteiger partial charge in [-0.3, -0.25) is 14.4 Å². The maximum atomic E-state index is 13.3. The Kier molecular flexibility index (Phi) is 22.2. The smallest absolute Gasteiger partial charge is 0.340 e. The van der Waals surface area contributed by atoms with Crippen molar-refractivity contribution in [3.05, 3.63) is 85.9 Å². The lowest BCUT2D eigenvalue weighted by atomic mass is 9.69. The van der Waals surface area contributed by atoms with E-state index < -0.39 is 17.5 Å². The number of aryl methyl sites for hydroxylation is 2. The molecule has 0 radical (unpaired) electrons. The van der Waals surface area contributed by atoms with E-state index in [0.29, 0.717) is 103 Å². The maximum Gasteiger partial charge on any atom is 0.340 e. The van der Waals surface area contributed by atoms with Gasteiger partial charge in [0.05, 0.1) is 66.3 Å². The van der Waals surface area contributed by atoms with E-state index in [-0.39, 0.29) is 73.5 Å². The quantitative estimate of drug-likeness (QED) is 0.0391. The Hall–Kier alpha value is -7.12. The number of esters is 1. The Morgan fingerprint density at radius 1 is 0.521 bits per heavy atom. The standard InChI is InChI=1S/C30H38N2O4.C25H36N2O5.C21H28N2O5/c1-17(2)9-20-11-24(12-20)30-28(21-7-8-21)29(32-36-30)23(13-25-16-27(34)35-31-25)15-26(33)14-22-6-5-18(3)10-19(22)4;1-14(2)8-15-9-18(10-15)24-22(16-6-7-16)23(27-32-24)17(11-19-13-21(29)31-26-19)12-20(28)30-25(3,4)5;1-11(2)5-12-6-15(7-12)21-19(13-3-4-13)20(23-28-21)14(9-17(24)25)8-16-10-18(26)27-22-16/h5-6,10,17,20-21,23-24H,7-9,11-16H2,1-4H3;14-18H,6-13H2,1-5H3;11-15H,3-10H2,1-2H3,(H,24,25)/t20?,23-,24?;15?,17-,18?;12?,14-,15?/m000/s1. The number of ketones is 1. The molecule has 6 heterocycles. The fraction of sp³-hybridized carbons (Fsp3) is 0.684. The Morgan fingerprint density at radius 2 is 0.875 bits per heavy atom. The van der Waals surface area contributed by atoms with Gasteiger partial charge in [0, 0.05) is 65.0 Å². The van der Waals surface area contributed by atoms with Crippen LogP contribution in [-0.2, 0) is 54.4 Å². The molecule has 520 valence electrons. The van der Waals surface area contributed by atoms with E-state index in [2.05, 4.69) is 109 Å². The molecule has 1 N–H and O–H groups in total. The maximum absolute atomic E-state index is 13.3. The molecule has 96 heavy (non-hydrogen) atoms. The molecule has 0 spiro atoms. The van der Waals surface area contributed by atoms with Crippen LogP contribution in [0.1, 0.15) is 337 Å². The van der Waals surface area contributed by atoms with Crippen LogP contribution in [0.4, 0.5) is 0 Å². The zero-order chi connectivity index (χ0) is 68.3. The van der Waals surface area contributed by atoms with Crippen molar-refractivity contribution >= 4 is 52.8 Å². The molecule has 1 aromatic carbocycles. The minimum Gasteiger partial charge on any atom is -0.481 e. The number of carboxylic acids is 1. The van der Waals surface area contributed by atoms with Crippen molar-refractivity contribution in [2.45, 2.75) is 296 Å². The second-order valence-corrected chi connectivity index (χ2v) is 32.2. The zero-order valence-corrected chi connectivity index (χ0v) is 58.5. The molecule has 6 saturated carbocycles. The van der Waals surface area contributed by atoms with Crippen molar-refractivity contribution in [1.82, 2.24) is 15.5 Å². The largest absolute Gasteiger partial charge is 0.481 e. The minimum atomic E-state index is -0.886. The van der Waals surface area contributed by atoms with Gasteiger partial charge in [0.1, 0.15) is 28.7 Å². The average Bonchev–Trinajstić information content (AvgIpc) is 1.61. The average molecular weight is 1320 g/mol. The van der Waals surface area contributed by atoms with Crippen LogP contribution in [0.3, 0.4) is 0 Å². The van der Waals surface area contributed by atoms with Gasteiger partial charge in [-0.1, -0.05) is 96.2 Å². The van der Waals surface area contributed by atoms with Gasteiger partial charge in [-0.15, -0.1) is 0 Å². The molecule has 3 atom stereocenters. The fourth-order valence-corrected chi connectivity index (χ4v) is 15.9. The molecule has 0 unspecified atom stereocenters. The molecular formula is C76H102N6O14. The van der Waals surface area contributed by atoms with Crippen LogP contribution in [0.2, 0.25) is 0 Å². The lowest BCUT2D eigenvalue weighted by Gasteiger charge is -2.35. The van der Waals surface area contributed by atoms with Crippen molar-refractivity contribution in [2.24, 2.45) is 51.0 Å². The summed E-state index contributed by atoms with van der Waals surface area (Å²) in [6, 6.07) is 6.24. The lowest BCUT2D eigenvalue weighted by Crippen LogP contribution is -2.26. The molecule has 4 aromatic rings. The van der Waals surface area contributed by atoms with E-state index in [1.54, 1.807) is 0 Å². The summed E-state index contributed by atoms with van der Waals surface area (Å²) in [5.74, 6) is 7.28. The highest BCUT2D eigenvalue weighted by Crippen LogP contribution is 2.56. The van der Waals surface area contributed by atoms with E-state index in [0.717, 1.165) is 146 Å². The third-order valence-electron chi connectivity index (χ3n) is 20.6. The molecule has 13 rings (SSSR count). The van der Waals surface area contributed by atoms with Crippen LogP contribution in [0.25, 0.3) is 0 Å². The van der Waals surface area contributed by atoms with Crippen LogP contribution >= 0.6 is 0 Å². The summed E-state index contributed by atoms with van der Waals surface area (Å²) in [5, 5.41) is 34.6. The van der Waals surface area contributed by atoms with Crippen LogP contribution < -0.4 is 0 Å². The normalized spacial score (nSPS) is 23.9. The van der Waals surface area contributed by atoms with Gasteiger partial charge in [0.15, 0.2) is 0 Å². The molecule has 0 saturated heterocycles. The first kappa shape index (κ1) is 70.2. The minimum absolute atomic E-state index is 0.0560. The van der Waals surface area contributed by atoms with Crippen molar-refractivity contribution in [3.8, 4) is 0 Å². The molecular weight excluding hydrogens is 1220 g/mol. The Balaban J connectivity index is 0.000000147. The summed E-state index contributed by atoms with van der Waals surface area (Å²) in [6.07, 6.45) is 20.1. The van der Waals surface area contributed by atoms with E-state index in [9.17, 15) is 33.9 Å². The summed E-state index contributed by atoms with van der Waals surface area (Å²) >= 11 is 0. The third kappa shape index (κ3) is 18.5. The van der Waals surface area contributed by atoms with Crippen molar-refractivity contribution in [3.63, 3.8) is 0 Å². The molecule has 3 aromatic heterocycles. The monoisotopic (exact) mass is 1320 g/mol. The molecule has 20 nitrogen and oxygen atoms in total. The number of Topliss-reactive ketones (excluding diaryl/α,β-unsaturated/α-hetero) is 1. The van der Waals surface area contributed by atoms with Crippen LogP contribution in [-0.4, -0.2) is 78.9 Å². The number of oxime groups is 3. The van der Waals surface area contributed by atoms with Crippen LogP contribution in [0, 0.1) is 49.4 Å². The Morgan fingerprint density at radius 3 is 1.18 bits per heavy atom. The summed E-state index contributed by atoms with van der Waals surface area (Å²) in [4.78, 5) is 86.4. The summed E-state index contributed by atoms with van der Waals surface area (Å²) in [6.45, 7) is 23.3. The zero-order valence-electron chi connectivity index (χ0n) is 58.5. The van der Waals surface area contributed by atoms with Gasteiger partial charge in [0.2, 0.25) is 0 Å². The van der Waals surface area contributed by atoms with Crippen LogP contribution in [0.5, 0.6) is 0 Å². The number of hydrogen-bond acceptors (Lipinski definition) is 19. The number of carbonyl (C=O) groups excluding carboxylic acids is 5. The molecule has 6 fully saturated rings. The van der Waals surface area contributed by atoms with E-state index in [4.69, 9.17) is 28.0 Å². The predicted molar refractivity (Wildman–Crippen MR) is 359 cm³/mol. The second kappa shape index (κ2) is 30.3. The third-order valence-corrected chi connectivity index (χ3v) is 20.6. The molecule has 9 aliphatic rings. The number of benzene rings is 1. The highest BCUT2D eigenvalue weighted by molar-refractivity contribution is 6.03. The number of rotatable bonds is 29. The number of ether oxygens (including phenoxy) is 1. The summed E-state index contributed by atoms with van der Waals surface area (Å²) < 4.78 is 23.4. The van der Waals surface area contributed by atoms with Gasteiger partial charge < -0.3 is 37.9 Å². The summed E-state index contributed by atoms with van der Waals surface area (Å²) in [7, 11) is 0. The highest BCUT2D eigenvalue weighted by Gasteiger charge is 2.46. The van der Waals surface area contributed by atoms with Gasteiger partial charge in [-0.2, -0.15) is 0 Å². The Bertz CT molecular complexity index is 3570. The molecule has 3 aliphatic heterocycles. The van der Waals surface area contributed by atoms with Crippen molar-refractivity contribution < 1.29 is 66.7 Å². The topological polar surface area (TPSA) is 275 Å². The molecule has 20 heteroatoms. The lowest BCUT2D eigenvalue weighted by molar-refractivity contribution is -0.155.